The highest BCUT2D eigenvalue weighted by Crippen LogP contribution is 2.59. The Bertz CT molecular complexity index is 673. The summed E-state index contributed by atoms with van der Waals surface area (Å²) in [6.07, 6.45) is 16.0. The van der Waals surface area contributed by atoms with Crippen molar-refractivity contribution in [3.05, 3.63) is 35.5 Å². The van der Waals surface area contributed by atoms with Gasteiger partial charge < -0.3 is 9.84 Å². The summed E-state index contributed by atoms with van der Waals surface area (Å²) < 4.78 is 4.79. The van der Waals surface area contributed by atoms with Gasteiger partial charge in [-0.2, -0.15) is 0 Å². The standard InChI is InChI=1S/C26H40O3/c1-18-10-13-22(27)17-21(18)12-11-20-8-6-16-26(3)23(14-15-24(20)26)19(2)7-5-9-25(28)29-4/h11-12,19,22-24,27H,1,5-10,13-17H2,2-4H3. The van der Waals surface area contributed by atoms with E-state index >= 15 is 0 Å². The molecule has 3 rings (SSSR count). The molecule has 0 aromatic carbocycles. The van der Waals surface area contributed by atoms with Crippen molar-refractivity contribution in [2.24, 2.45) is 23.2 Å². The number of allylic oxidation sites excluding steroid dienone is 4. The zero-order chi connectivity index (χ0) is 21.0. The fourth-order valence-electron chi connectivity index (χ4n) is 6.48. The van der Waals surface area contributed by atoms with Gasteiger partial charge in [0.1, 0.15) is 0 Å². The maximum absolute atomic E-state index is 11.4. The second-order valence-corrected chi connectivity index (χ2v) is 9.98. The summed E-state index contributed by atoms with van der Waals surface area (Å²) in [7, 11) is 1.48. The van der Waals surface area contributed by atoms with Crippen LogP contribution in [0.1, 0.15) is 84.5 Å². The van der Waals surface area contributed by atoms with E-state index in [0.717, 1.165) is 38.0 Å². The van der Waals surface area contributed by atoms with Crippen LogP contribution in [0, 0.1) is 23.2 Å². The Morgan fingerprint density at radius 2 is 2.10 bits per heavy atom. The number of methoxy groups -OCH3 is 1. The molecule has 0 aliphatic heterocycles. The topological polar surface area (TPSA) is 46.5 Å². The van der Waals surface area contributed by atoms with Crippen LogP contribution in [0.5, 0.6) is 0 Å². The highest BCUT2D eigenvalue weighted by molar-refractivity contribution is 5.68. The van der Waals surface area contributed by atoms with Crippen LogP contribution in [0.2, 0.25) is 0 Å². The molecule has 3 saturated carbocycles. The van der Waals surface area contributed by atoms with E-state index in [0.29, 0.717) is 23.7 Å². The van der Waals surface area contributed by atoms with Gasteiger partial charge in [0.15, 0.2) is 0 Å². The maximum atomic E-state index is 11.4. The molecule has 162 valence electrons. The summed E-state index contributed by atoms with van der Waals surface area (Å²) in [4.78, 5) is 11.4. The minimum absolute atomic E-state index is 0.0851. The smallest absolute Gasteiger partial charge is 0.305 e. The molecular weight excluding hydrogens is 360 g/mol. The minimum Gasteiger partial charge on any atom is -0.469 e. The van der Waals surface area contributed by atoms with Crippen LogP contribution < -0.4 is 0 Å². The zero-order valence-electron chi connectivity index (χ0n) is 18.7. The summed E-state index contributed by atoms with van der Waals surface area (Å²) in [5, 5.41) is 10.0. The molecule has 3 heteroatoms. The van der Waals surface area contributed by atoms with E-state index in [9.17, 15) is 9.90 Å². The molecule has 0 radical (unpaired) electrons. The predicted octanol–water partition coefficient (Wildman–Crippen LogP) is 6.14. The van der Waals surface area contributed by atoms with E-state index in [-0.39, 0.29) is 12.1 Å². The molecule has 1 N–H and O–H groups in total. The molecule has 0 saturated heterocycles. The Balaban J connectivity index is 1.68. The summed E-state index contributed by atoms with van der Waals surface area (Å²) in [5.74, 6) is 1.99. The van der Waals surface area contributed by atoms with Gasteiger partial charge in [-0.25, -0.2) is 0 Å². The van der Waals surface area contributed by atoms with Crippen molar-refractivity contribution in [3.63, 3.8) is 0 Å². The Hall–Kier alpha value is -1.35. The molecule has 3 nitrogen and oxygen atoms in total. The first-order valence-electron chi connectivity index (χ1n) is 11.7. The number of hydrogen-bond acceptors (Lipinski definition) is 3. The Kier molecular flexibility index (Phi) is 7.42. The molecule has 3 fully saturated rings. The fourth-order valence-corrected chi connectivity index (χ4v) is 6.48. The fraction of sp³-hybridized carbons (Fsp3) is 0.731. The Morgan fingerprint density at radius 3 is 2.86 bits per heavy atom. The average molecular weight is 401 g/mol. The summed E-state index contributed by atoms with van der Waals surface area (Å²) >= 11 is 0. The van der Waals surface area contributed by atoms with E-state index in [1.165, 1.54) is 50.4 Å². The van der Waals surface area contributed by atoms with Crippen LogP contribution in [0.3, 0.4) is 0 Å². The zero-order valence-corrected chi connectivity index (χ0v) is 18.7. The molecule has 0 heterocycles. The van der Waals surface area contributed by atoms with Crippen LogP contribution >= 0.6 is 0 Å². The van der Waals surface area contributed by atoms with Gasteiger partial charge in [0.05, 0.1) is 13.2 Å². The molecule has 0 spiro atoms. The number of rotatable bonds is 6. The van der Waals surface area contributed by atoms with E-state index < -0.39 is 0 Å². The molecule has 3 aliphatic rings. The molecule has 3 aliphatic carbocycles. The van der Waals surface area contributed by atoms with Crippen molar-refractivity contribution < 1.29 is 14.6 Å². The van der Waals surface area contributed by atoms with Crippen molar-refractivity contribution in [1.82, 2.24) is 0 Å². The first-order chi connectivity index (χ1) is 13.8. The number of aliphatic hydroxyl groups excluding tert-OH is 1. The van der Waals surface area contributed by atoms with Crippen LogP contribution in [0.4, 0.5) is 0 Å². The van der Waals surface area contributed by atoms with Gasteiger partial charge in [-0.3, -0.25) is 4.79 Å². The number of hydrogen-bond donors (Lipinski definition) is 1. The van der Waals surface area contributed by atoms with Crippen LogP contribution in [0.25, 0.3) is 0 Å². The first kappa shape index (κ1) is 22.3. The number of carbonyl (C=O) groups excluding carboxylic acids is 1. The van der Waals surface area contributed by atoms with Gasteiger partial charge in [-0.1, -0.05) is 43.7 Å². The normalized spacial score (nSPS) is 36.3. The summed E-state index contributed by atoms with van der Waals surface area (Å²) in [6.45, 7) is 9.13. The number of esters is 1. The number of carbonyl (C=O) groups is 1. The second-order valence-electron chi connectivity index (χ2n) is 9.98. The molecule has 29 heavy (non-hydrogen) atoms. The third-order valence-corrected chi connectivity index (χ3v) is 8.18. The van der Waals surface area contributed by atoms with Gasteiger partial charge in [0, 0.05) is 6.42 Å². The highest BCUT2D eigenvalue weighted by Gasteiger charge is 2.50. The lowest BCUT2D eigenvalue weighted by Crippen LogP contribution is -2.36. The third kappa shape index (κ3) is 5.05. The molecule has 0 bridgehead atoms. The van der Waals surface area contributed by atoms with Gasteiger partial charge in [-0.15, -0.1) is 0 Å². The lowest BCUT2D eigenvalue weighted by atomic mass is 9.60. The predicted molar refractivity (Wildman–Crippen MR) is 118 cm³/mol. The van der Waals surface area contributed by atoms with E-state index in [4.69, 9.17) is 4.74 Å². The van der Waals surface area contributed by atoms with Crippen LogP contribution in [-0.4, -0.2) is 24.3 Å². The molecule has 5 unspecified atom stereocenters. The summed E-state index contributed by atoms with van der Waals surface area (Å²) in [6, 6.07) is 0. The Morgan fingerprint density at radius 1 is 1.31 bits per heavy atom. The lowest BCUT2D eigenvalue weighted by Gasteiger charge is -2.44. The lowest BCUT2D eigenvalue weighted by molar-refractivity contribution is -0.140. The van der Waals surface area contributed by atoms with E-state index in [1.807, 2.05) is 0 Å². The first-order valence-corrected chi connectivity index (χ1v) is 11.7. The van der Waals surface area contributed by atoms with Crippen molar-refractivity contribution in [2.45, 2.75) is 90.6 Å². The second kappa shape index (κ2) is 9.64. The van der Waals surface area contributed by atoms with Crippen molar-refractivity contribution >= 4 is 5.97 Å². The van der Waals surface area contributed by atoms with Gasteiger partial charge in [0.2, 0.25) is 0 Å². The summed E-state index contributed by atoms with van der Waals surface area (Å²) in [5.41, 5.74) is 4.45. The number of ether oxygens (including phenoxy) is 1. The van der Waals surface area contributed by atoms with Crippen LogP contribution in [0.15, 0.2) is 35.5 Å². The van der Waals surface area contributed by atoms with Gasteiger partial charge in [-0.05, 0) is 93.0 Å². The molecule has 5 atom stereocenters. The van der Waals surface area contributed by atoms with Crippen molar-refractivity contribution in [1.29, 1.82) is 0 Å². The third-order valence-electron chi connectivity index (χ3n) is 8.18. The average Bonchev–Trinajstić information content (AvgIpc) is 3.06. The monoisotopic (exact) mass is 400 g/mol. The molecule has 0 amide bonds. The number of aliphatic hydroxyl groups is 1. The SMILES string of the molecule is C=C1CCC(O)CC1=CC=C1CCCC2(C)C1CCC2C(C)CCCC(=O)OC. The molecule has 0 aromatic rings. The number of fused-ring (bicyclic) bond motifs is 1. The van der Waals surface area contributed by atoms with Crippen molar-refractivity contribution in [3.8, 4) is 0 Å². The largest absolute Gasteiger partial charge is 0.469 e. The quantitative estimate of drug-likeness (QED) is 0.545. The molecule has 0 aromatic heterocycles. The van der Waals surface area contributed by atoms with Crippen LogP contribution in [-0.2, 0) is 9.53 Å². The Labute approximate surface area is 177 Å². The maximum Gasteiger partial charge on any atom is 0.305 e. The minimum atomic E-state index is -0.205. The highest BCUT2D eigenvalue weighted by atomic mass is 16.5. The van der Waals surface area contributed by atoms with Gasteiger partial charge in [0.25, 0.3) is 0 Å². The van der Waals surface area contributed by atoms with E-state index in [2.05, 4.69) is 32.6 Å². The van der Waals surface area contributed by atoms with Gasteiger partial charge >= 0.3 is 5.97 Å². The molecular formula is C26H40O3. The van der Waals surface area contributed by atoms with E-state index in [1.54, 1.807) is 5.57 Å². The van der Waals surface area contributed by atoms with Crippen molar-refractivity contribution in [2.75, 3.05) is 7.11 Å².